The first-order valence-corrected chi connectivity index (χ1v) is 10.9. The minimum atomic E-state index is -0.537. The molecule has 2 atom stereocenters. The van der Waals surface area contributed by atoms with Crippen molar-refractivity contribution in [2.45, 2.75) is 25.3 Å². The Morgan fingerprint density at radius 1 is 0.967 bits per heavy atom. The number of benzene rings is 2. The van der Waals surface area contributed by atoms with E-state index in [-0.39, 0.29) is 17.6 Å². The first-order valence-electron chi connectivity index (χ1n) is 10.5. The Morgan fingerprint density at radius 3 is 2.27 bits per heavy atom. The van der Waals surface area contributed by atoms with Crippen LogP contribution in [-0.4, -0.2) is 55.8 Å². The third-order valence-electron chi connectivity index (χ3n) is 6.28. The molecule has 158 valence electrons. The van der Waals surface area contributed by atoms with Crippen molar-refractivity contribution in [3.8, 4) is 5.75 Å². The number of halogens is 1. The van der Waals surface area contributed by atoms with Gasteiger partial charge in [0, 0.05) is 42.5 Å². The lowest BCUT2D eigenvalue weighted by Crippen LogP contribution is -2.55. The van der Waals surface area contributed by atoms with Crippen LogP contribution in [0.15, 0.2) is 48.5 Å². The molecule has 0 amide bonds. The highest BCUT2D eigenvalue weighted by molar-refractivity contribution is 6.30. The predicted octanol–water partition coefficient (Wildman–Crippen LogP) is 4.09. The standard InChI is InChI=1S/C24H27ClN2O3/c1-30-20-11-9-19(10-12-20)26-13-15-27(16-14-26)22-4-2-3-21(24(22)29)23(28)17-5-7-18(25)8-6-17/h5-12,21-22H,2-4,13-16H2,1H3. The minimum absolute atomic E-state index is 0.0711. The van der Waals surface area contributed by atoms with Crippen LogP contribution in [0.4, 0.5) is 5.69 Å². The number of hydrogen-bond acceptors (Lipinski definition) is 5. The van der Waals surface area contributed by atoms with Gasteiger partial charge in [0.25, 0.3) is 0 Å². The van der Waals surface area contributed by atoms with Gasteiger partial charge in [-0.1, -0.05) is 18.0 Å². The molecule has 2 aromatic rings. The van der Waals surface area contributed by atoms with Crippen molar-refractivity contribution < 1.29 is 14.3 Å². The van der Waals surface area contributed by atoms with Gasteiger partial charge in [0.15, 0.2) is 11.6 Å². The average molecular weight is 427 g/mol. The number of hydrogen-bond donors (Lipinski definition) is 0. The van der Waals surface area contributed by atoms with E-state index in [0.717, 1.165) is 44.8 Å². The molecule has 0 radical (unpaired) electrons. The number of anilines is 1. The number of piperazine rings is 1. The lowest BCUT2D eigenvalue weighted by atomic mass is 9.79. The zero-order valence-electron chi connectivity index (χ0n) is 17.2. The van der Waals surface area contributed by atoms with E-state index >= 15 is 0 Å². The summed E-state index contributed by atoms with van der Waals surface area (Å²) in [4.78, 5) is 30.8. The van der Waals surface area contributed by atoms with Crippen LogP contribution >= 0.6 is 11.6 Å². The third kappa shape index (κ3) is 4.37. The van der Waals surface area contributed by atoms with E-state index < -0.39 is 5.92 Å². The highest BCUT2D eigenvalue weighted by atomic mass is 35.5. The summed E-state index contributed by atoms with van der Waals surface area (Å²) in [7, 11) is 1.67. The van der Waals surface area contributed by atoms with Crippen molar-refractivity contribution in [3.63, 3.8) is 0 Å². The van der Waals surface area contributed by atoms with Crippen LogP contribution < -0.4 is 9.64 Å². The summed E-state index contributed by atoms with van der Waals surface area (Å²) < 4.78 is 5.23. The number of methoxy groups -OCH3 is 1. The summed E-state index contributed by atoms with van der Waals surface area (Å²) in [6, 6.07) is 14.8. The Kier molecular flexibility index (Phi) is 6.40. The summed E-state index contributed by atoms with van der Waals surface area (Å²) in [6.07, 6.45) is 2.38. The van der Waals surface area contributed by atoms with Crippen molar-refractivity contribution in [1.82, 2.24) is 4.90 Å². The molecule has 1 saturated carbocycles. The van der Waals surface area contributed by atoms with E-state index in [9.17, 15) is 9.59 Å². The van der Waals surface area contributed by atoms with Crippen LogP contribution in [0.2, 0.25) is 5.02 Å². The summed E-state index contributed by atoms with van der Waals surface area (Å²) in [5, 5.41) is 0.592. The Labute approximate surface area is 182 Å². The Morgan fingerprint density at radius 2 is 1.63 bits per heavy atom. The molecule has 1 aliphatic heterocycles. The molecule has 0 bridgehead atoms. The van der Waals surface area contributed by atoms with Gasteiger partial charge in [-0.3, -0.25) is 14.5 Å². The van der Waals surface area contributed by atoms with E-state index in [1.165, 1.54) is 5.69 Å². The average Bonchev–Trinajstić information content (AvgIpc) is 2.79. The second-order valence-electron chi connectivity index (χ2n) is 7.99. The van der Waals surface area contributed by atoms with Gasteiger partial charge in [-0.15, -0.1) is 0 Å². The Hall–Kier alpha value is -2.37. The topological polar surface area (TPSA) is 49.9 Å². The summed E-state index contributed by atoms with van der Waals surface area (Å²) in [6.45, 7) is 3.38. The Balaban J connectivity index is 1.39. The molecule has 0 aromatic heterocycles. The highest BCUT2D eigenvalue weighted by Crippen LogP contribution is 2.29. The molecule has 5 nitrogen and oxygen atoms in total. The number of ketones is 2. The molecule has 2 aliphatic rings. The number of nitrogens with zero attached hydrogens (tertiary/aromatic N) is 2. The maximum atomic E-state index is 13.2. The predicted molar refractivity (Wildman–Crippen MR) is 119 cm³/mol. The molecule has 1 saturated heterocycles. The molecule has 0 N–H and O–H groups in total. The normalized spacial score (nSPS) is 22.7. The van der Waals surface area contributed by atoms with Crippen LogP contribution in [0.5, 0.6) is 5.75 Å². The zero-order chi connectivity index (χ0) is 21.1. The third-order valence-corrected chi connectivity index (χ3v) is 6.53. The fraction of sp³-hybridized carbons (Fsp3) is 0.417. The van der Waals surface area contributed by atoms with Crippen LogP contribution in [-0.2, 0) is 4.79 Å². The number of Topliss-reactive ketones (excluding diaryl/α,β-unsaturated/α-hetero) is 2. The van der Waals surface area contributed by atoms with Gasteiger partial charge in [0.05, 0.1) is 19.1 Å². The maximum absolute atomic E-state index is 13.2. The molecular formula is C24H27ClN2O3. The van der Waals surface area contributed by atoms with Gasteiger partial charge in [-0.2, -0.15) is 0 Å². The lowest BCUT2D eigenvalue weighted by Gasteiger charge is -2.42. The van der Waals surface area contributed by atoms with E-state index in [2.05, 4.69) is 21.9 Å². The Bertz CT molecular complexity index is 890. The number of carbonyl (C=O) groups excluding carboxylic acids is 2. The van der Waals surface area contributed by atoms with Gasteiger partial charge >= 0.3 is 0 Å². The SMILES string of the molecule is COc1ccc(N2CCN(C3CCCC(C(=O)c4ccc(Cl)cc4)C3=O)CC2)cc1. The van der Waals surface area contributed by atoms with Crippen LogP contribution in [0, 0.1) is 5.92 Å². The molecule has 4 rings (SSSR count). The van der Waals surface area contributed by atoms with Gasteiger partial charge in [0.1, 0.15) is 5.75 Å². The van der Waals surface area contributed by atoms with Gasteiger partial charge in [0.2, 0.25) is 0 Å². The molecular weight excluding hydrogens is 400 g/mol. The summed E-state index contributed by atoms with van der Waals surface area (Å²) in [5.41, 5.74) is 1.74. The van der Waals surface area contributed by atoms with Crippen molar-refractivity contribution in [2.24, 2.45) is 5.92 Å². The van der Waals surface area contributed by atoms with Crippen LogP contribution in [0.3, 0.4) is 0 Å². The lowest BCUT2D eigenvalue weighted by molar-refractivity contribution is -0.129. The molecule has 2 aromatic carbocycles. The number of ether oxygens (including phenoxy) is 1. The number of rotatable bonds is 5. The van der Waals surface area contributed by atoms with E-state index in [4.69, 9.17) is 16.3 Å². The quantitative estimate of drug-likeness (QED) is 0.532. The van der Waals surface area contributed by atoms with Crippen molar-refractivity contribution in [1.29, 1.82) is 0 Å². The van der Waals surface area contributed by atoms with Crippen molar-refractivity contribution in [3.05, 3.63) is 59.1 Å². The fourth-order valence-corrected chi connectivity index (χ4v) is 4.68. The molecule has 6 heteroatoms. The smallest absolute Gasteiger partial charge is 0.173 e. The summed E-state index contributed by atoms with van der Waals surface area (Å²) in [5.74, 6) is 0.323. The molecule has 2 unspecified atom stereocenters. The maximum Gasteiger partial charge on any atom is 0.173 e. The first kappa shape index (κ1) is 20.9. The molecule has 1 heterocycles. The second-order valence-corrected chi connectivity index (χ2v) is 8.43. The zero-order valence-corrected chi connectivity index (χ0v) is 18.0. The second kappa shape index (κ2) is 9.19. The van der Waals surface area contributed by atoms with Crippen molar-refractivity contribution in [2.75, 3.05) is 38.2 Å². The van der Waals surface area contributed by atoms with Crippen LogP contribution in [0.1, 0.15) is 29.6 Å². The van der Waals surface area contributed by atoms with E-state index in [0.29, 0.717) is 17.0 Å². The molecule has 1 aliphatic carbocycles. The molecule has 0 spiro atoms. The number of carbonyl (C=O) groups is 2. The van der Waals surface area contributed by atoms with Gasteiger partial charge in [-0.05, 0) is 61.4 Å². The van der Waals surface area contributed by atoms with Gasteiger partial charge < -0.3 is 9.64 Å². The summed E-state index contributed by atoms with van der Waals surface area (Å²) >= 11 is 5.93. The highest BCUT2D eigenvalue weighted by Gasteiger charge is 2.39. The monoisotopic (exact) mass is 426 g/mol. The largest absolute Gasteiger partial charge is 0.497 e. The van der Waals surface area contributed by atoms with Crippen LogP contribution in [0.25, 0.3) is 0 Å². The molecule has 30 heavy (non-hydrogen) atoms. The van der Waals surface area contributed by atoms with Gasteiger partial charge in [-0.25, -0.2) is 0 Å². The van der Waals surface area contributed by atoms with E-state index in [1.54, 1.807) is 31.4 Å². The van der Waals surface area contributed by atoms with Crippen molar-refractivity contribution >= 4 is 28.9 Å². The fourth-order valence-electron chi connectivity index (χ4n) is 4.56. The van der Waals surface area contributed by atoms with E-state index in [1.807, 2.05) is 12.1 Å². The molecule has 2 fully saturated rings. The minimum Gasteiger partial charge on any atom is -0.497 e. The first-order chi connectivity index (χ1) is 14.6.